The van der Waals surface area contributed by atoms with Crippen LogP contribution in [-0.2, 0) is 14.3 Å². The lowest BCUT2D eigenvalue weighted by Crippen LogP contribution is -2.29. The molecule has 0 aromatic heterocycles. The smallest absolute Gasteiger partial charge is 0.323 e. The molecule has 0 amide bonds. The van der Waals surface area contributed by atoms with E-state index < -0.39 is 17.4 Å². The molecular weight excluding hydrogens is 160 g/mol. The number of rotatable bonds is 3. The third kappa shape index (κ3) is 1.07. The number of esters is 1. The maximum absolute atomic E-state index is 11.2. The molecule has 12 heavy (non-hydrogen) atoms. The summed E-state index contributed by atoms with van der Waals surface area (Å²) in [5.74, 6) is -1.74. The number of carbonyl (C=O) groups is 2. The summed E-state index contributed by atoms with van der Waals surface area (Å²) in [6.45, 7) is 3.64. The van der Waals surface area contributed by atoms with Crippen molar-refractivity contribution in [3.63, 3.8) is 0 Å². The first-order chi connectivity index (χ1) is 5.55. The molecule has 1 saturated carbocycles. The third-order valence-corrected chi connectivity index (χ3v) is 2.33. The minimum atomic E-state index is -1.23. The van der Waals surface area contributed by atoms with E-state index >= 15 is 0 Å². The van der Waals surface area contributed by atoms with Crippen molar-refractivity contribution < 1.29 is 19.4 Å². The van der Waals surface area contributed by atoms with E-state index in [2.05, 4.69) is 4.74 Å². The summed E-state index contributed by atoms with van der Waals surface area (Å²) in [6.07, 6.45) is 0.404. The van der Waals surface area contributed by atoms with Crippen LogP contribution >= 0.6 is 0 Å². The van der Waals surface area contributed by atoms with E-state index in [9.17, 15) is 9.59 Å². The van der Waals surface area contributed by atoms with E-state index in [1.165, 1.54) is 0 Å². The fourth-order valence-corrected chi connectivity index (χ4v) is 1.35. The summed E-state index contributed by atoms with van der Waals surface area (Å²) in [5.41, 5.74) is -1.23. The maximum Gasteiger partial charge on any atom is 0.323 e. The van der Waals surface area contributed by atoms with Gasteiger partial charge in [-0.3, -0.25) is 9.59 Å². The molecule has 0 bridgehead atoms. The minimum Gasteiger partial charge on any atom is -0.480 e. The highest BCUT2D eigenvalue weighted by Gasteiger charge is 2.65. The van der Waals surface area contributed by atoms with Crippen molar-refractivity contribution in [2.75, 3.05) is 6.61 Å². The number of carbonyl (C=O) groups excluding carboxylic acids is 1. The average molecular weight is 172 g/mol. The molecule has 0 aromatic rings. The minimum absolute atomic E-state index is 0.0888. The number of ether oxygens (including phenoxy) is 1. The lowest BCUT2D eigenvalue weighted by atomic mass is 10.1. The van der Waals surface area contributed by atoms with Crippen LogP contribution in [0.15, 0.2) is 0 Å². The summed E-state index contributed by atoms with van der Waals surface area (Å²) in [4.78, 5) is 21.9. The van der Waals surface area contributed by atoms with Crippen molar-refractivity contribution in [1.29, 1.82) is 0 Å². The van der Waals surface area contributed by atoms with E-state index in [4.69, 9.17) is 5.11 Å². The predicted molar refractivity (Wildman–Crippen MR) is 40.5 cm³/mol. The van der Waals surface area contributed by atoms with E-state index in [0.717, 1.165) is 0 Å². The van der Waals surface area contributed by atoms with E-state index in [-0.39, 0.29) is 12.5 Å². The van der Waals surface area contributed by atoms with Crippen molar-refractivity contribution in [2.24, 2.45) is 11.3 Å². The molecule has 68 valence electrons. The van der Waals surface area contributed by atoms with Crippen LogP contribution in [0.25, 0.3) is 0 Å². The van der Waals surface area contributed by atoms with Crippen molar-refractivity contribution >= 4 is 11.9 Å². The summed E-state index contributed by atoms with van der Waals surface area (Å²) in [5, 5.41) is 8.77. The second-order valence-electron chi connectivity index (χ2n) is 3.10. The SMILES string of the molecule is CCOC(=O)[C@@]1(C(=O)O)C[C@H]1C. The Morgan fingerprint density at radius 1 is 1.67 bits per heavy atom. The Morgan fingerprint density at radius 3 is 2.42 bits per heavy atom. The van der Waals surface area contributed by atoms with E-state index in [0.29, 0.717) is 6.42 Å². The molecule has 0 aromatic carbocycles. The molecule has 1 N–H and O–H groups in total. The van der Waals surface area contributed by atoms with Crippen LogP contribution in [0.3, 0.4) is 0 Å². The highest BCUT2D eigenvalue weighted by Crippen LogP contribution is 2.53. The fraction of sp³-hybridized carbons (Fsp3) is 0.750. The lowest BCUT2D eigenvalue weighted by molar-refractivity contribution is -0.161. The van der Waals surface area contributed by atoms with Crippen molar-refractivity contribution in [3.8, 4) is 0 Å². The molecule has 0 saturated heterocycles. The van der Waals surface area contributed by atoms with Crippen molar-refractivity contribution in [3.05, 3.63) is 0 Å². The first-order valence-electron chi connectivity index (χ1n) is 3.96. The summed E-state index contributed by atoms with van der Waals surface area (Å²) < 4.78 is 4.68. The normalized spacial score (nSPS) is 32.7. The quantitative estimate of drug-likeness (QED) is 0.501. The van der Waals surface area contributed by atoms with Gasteiger partial charge in [-0.1, -0.05) is 6.92 Å². The van der Waals surface area contributed by atoms with Crippen LogP contribution in [0.2, 0.25) is 0 Å². The van der Waals surface area contributed by atoms with Crippen LogP contribution in [0.5, 0.6) is 0 Å². The number of hydrogen-bond acceptors (Lipinski definition) is 3. The molecule has 0 radical (unpaired) electrons. The van der Waals surface area contributed by atoms with Crippen LogP contribution in [0.1, 0.15) is 20.3 Å². The average Bonchev–Trinajstić information content (AvgIpc) is 2.63. The molecule has 2 atom stereocenters. The maximum atomic E-state index is 11.2. The second kappa shape index (κ2) is 2.77. The molecule has 1 aliphatic rings. The Morgan fingerprint density at radius 2 is 2.17 bits per heavy atom. The molecule has 4 heteroatoms. The second-order valence-corrected chi connectivity index (χ2v) is 3.10. The molecule has 4 nitrogen and oxygen atoms in total. The van der Waals surface area contributed by atoms with Gasteiger partial charge < -0.3 is 9.84 Å². The molecule has 0 unspecified atom stereocenters. The Balaban J connectivity index is 2.70. The summed E-state index contributed by atoms with van der Waals surface area (Å²) in [7, 11) is 0. The van der Waals surface area contributed by atoms with Gasteiger partial charge in [-0.05, 0) is 19.3 Å². The zero-order valence-corrected chi connectivity index (χ0v) is 7.16. The molecule has 0 spiro atoms. The number of carboxylic acid groups (broad SMARTS) is 1. The van der Waals surface area contributed by atoms with Gasteiger partial charge in [0.15, 0.2) is 5.41 Å². The van der Waals surface area contributed by atoms with Gasteiger partial charge in [0.2, 0.25) is 0 Å². The van der Waals surface area contributed by atoms with Crippen LogP contribution in [0.4, 0.5) is 0 Å². The molecule has 0 heterocycles. The van der Waals surface area contributed by atoms with Gasteiger partial charge in [0.25, 0.3) is 0 Å². The van der Waals surface area contributed by atoms with Gasteiger partial charge in [0, 0.05) is 0 Å². The number of hydrogen-bond donors (Lipinski definition) is 1. The van der Waals surface area contributed by atoms with E-state index in [1.807, 2.05) is 0 Å². The first-order valence-corrected chi connectivity index (χ1v) is 3.96. The zero-order chi connectivity index (χ0) is 9.35. The predicted octanol–water partition coefficient (Wildman–Crippen LogP) is 0.660. The highest BCUT2D eigenvalue weighted by molar-refractivity contribution is 6.02. The Kier molecular flexibility index (Phi) is 2.08. The highest BCUT2D eigenvalue weighted by atomic mass is 16.5. The van der Waals surface area contributed by atoms with Gasteiger partial charge in [-0.25, -0.2) is 0 Å². The molecule has 1 fully saturated rings. The van der Waals surface area contributed by atoms with Crippen LogP contribution < -0.4 is 0 Å². The van der Waals surface area contributed by atoms with Gasteiger partial charge >= 0.3 is 11.9 Å². The Hall–Kier alpha value is -1.06. The molecule has 1 rings (SSSR count). The standard InChI is InChI=1S/C8H12O4/c1-3-12-7(11)8(6(9)10)4-5(8)2/h5H,3-4H2,1-2H3,(H,9,10)/t5-,8+/m1/s1. The molecular formula is C8H12O4. The topological polar surface area (TPSA) is 63.6 Å². The van der Waals surface area contributed by atoms with Crippen molar-refractivity contribution in [1.82, 2.24) is 0 Å². The van der Waals surface area contributed by atoms with Gasteiger partial charge in [-0.2, -0.15) is 0 Å². The first kappa shape index (κ1) is 9.03. The van der Waals surface area contributed by atoms with Crippen LogP contribution in [-0.4, -0.2) is 23.7 Å². The summed E-state index contributed by atoms with van der Waals surface area (Å²) in [6, 6.07) is 0. The summed E-state index contributed by atoms with van der Waals surface area (Å²) >= 11 is 0. The van der Waals surface area contributed by atoms with Crippen LogP contribution in [0, 0.1) is 11.3 Å². The van der Waals surface area contributed by atoms with Gasteiger partial charge in [-0.15, -0.1) is 0 Å². The Labute approximate surface area is 70.5 Å². The van der Waals surface area contributed by atoms with Gasteiger partial charge in [0.1, 0.15) is 0 Å². The fourth-order valence-electron chi connectivity index (χ4n) is 1.35. The number of carboxylic acids is 1. The largest absolute Gasteiger partial charge is 0.480 e. The third-order valence-electron chi connectivity index (χ3n) is 2.33. The number of aliphatic carboxylic acids is 1. The monoisotopic (exact) mass is 172 g/mol. The van der Waals surface area contributed by atoms with E-state index in [1.54, 1.807) is 13.8 Å². The van der Waals surface area contributed by atoms with Crippen molar-refractivity contribution in [2.45, 2.75) is 20.3 Å². The lowest BCUT2D eigenvalue weighted by Gasteiger charge is -2.08. The van der Waals surface area contributed by atoms with Gasteiger partial charge in [0.05, 0.1) is 6.61 Å². The zero-order valence-electron chi connectivity index (χ0n) is 7.16. The molecule has 0 aliphatic heterocycles. The Bertz CT molecular complexity index is 223. The molecule has 1 aliphatic carbocycles.